The summed E-state index contributed by atoms with van der Waals surface area (Å²) >= 11 is 0. The number of amides is 1. The number of carbonyl (C=O) groups excluding carboxylic acids is 1. The lowest BCUT2D eigenvalue weighted by molar-refractivity contribution is 0.0976. The number of nitrogens with one attached hydrogen (secondary N) is 1. The van der Waals surface area contributed by atoms with Gasteiger partial charge in [-0.15, -0.1) is 0 Å². The molecule has 0 aromatic heterocycles. The van der Waals surface area contributed by atoms with E-state index in [1.54, 1.807) is 24.3 Å². The summed E-state index contributed by atoms with van der Waals surface area (Å²) in [6.07, 6.45) is 0. The van der Waals surface area contributed by atoms with Crippen molar-refractivity contribution < 1.29 is 9.18 Å². The summed E-state index contributed by atoms with van der Waals surface area (Å²) in [5.41, 5.74) is 3.52. The Bertz CT molecular complexity index is 1070. The average Bonchev–Trinajstić information content (AvgIpc) is 2.85. The van der Waals surface area contributed by atoms with Gasteiger partial charge in [0, 0.05) is 11.3 Å². The summed E-state index contributed by atoms with van der Waals surface area (Å²) in [7, 11) is 0. The number of carbonyl (C=O) groups is 1. The Labute approximate surface area is 162 Å². The molecule has 0 unspecified atom stereocenters. The topological polar surface area (TPSA) is 53.8 Å². The molecule has 0 radical (unpaired) electrons. The average molecular weight is 371 g/mol. The first kappa shape index (κ1) is 17.8. The van der Waals surface area contributed by atoms with Crippen molar-refractivity contribution in [3.8, 4) is 0 Å². The second-order valence-electron chi connectivity index (χ2n) is 6.54. The molecule has 138 valence electrons. The van der Waals surface area contributed by atoms with Gasteiger partial charge in [0.2, 0.25) is 0 Å². The van der Waals surface area contributed by atoms with Gasteiger partial charge in [-0.2, -0.15) is 0 Å². The standard InChI is InChI=1S/C23H18FN3O/c1-15-21(16-11-13-18(24)14-12-16)22(26-20-10-6-5-9-19(20)25-15)27-23(28)17-7-3-2-4-8-17/h2-14,21H,1H3,(H,26,27,28)/t21-/m0/s1. The summed E-state index contributed by atoms with van der Waals surface area (Å²) < 4.78 is 13.4. The van der Waals surface area contributed by atoms with Crippen LogP contribution in [0.1, 0.15) is 28.8 Å². The molecule has 3 aromatic rings. The summed E-state index contributed by atoms with van der Waals surface area (Å²) in [4.78, 5) is 22.2. The summed E-state index contributed by atoms with van der Waals surface area (Å²) in [5.74, 6) is -0.493. The number of aliphatic imine (C=N–C) groups is 2. The second-order valence-corrected chi connectivity index (χ2v) is 6.54. The van der Waals surface area contributed by atoms with Gasteiger partial charge in [0.1, 0.15) is 11.7 Å². The summed E-state index contributed by atoms with van der Waals surface area (Å²) in [6, 6.07) is 22.7. The fraction of sp³-hybridized carbons (Fsp3) is 0.0870. The highest BCUT2D eigenvalue weighted by Gasteiger charge is 2.26. The number of nitrogens with zero attached hydrogens (tertiary/aromatic N) is 2. The van der Waals surface area contributed by atoms with Crippen LogP contribution in [-0.4, -0.2) is 17.5 Å². The Morgan fingerprint density at radius 1 is 0.857 bits per heavy atom. The van der Waals surface area contributed by atoms with Crippen molar-refractivity contribution in [2.75, 3.05) is 0 Å². The maximum Gasteiger partial charge on any atom is 0.256 e. The van der Waals surface area contributed by atoms with Gasteiger partial charge in [-0.3, -0.25) is 9.79 Å². The molecule has 28 heavy (non-hydrogen) atoms. The third kappa shape index (κ3) is 3.60. The fourth-order valence-corrected chi connectivity index (χ4v) is 3.23. The minimum absolute atomic E-state index is 0.251. The van der Waals surface area contributed by atoms with Crippen LogP contribution in [0, 0.1) is 5.82 Å². The van der Waals surface area contributed by atoms with Gasteiger partial charge in [-0.1, -0.05) is 42.5 Å². The van der Waals surface area contributed by atoms with E-state index < -0.39 is 0 Å². The van der Waals surface area contributed by atoms with E-state index in [2.05, 4.69) is 5.32 Å². The number of para-hydroxylation sites is 2. The Morgan fingerprint density at radius 3 is 2.14 bits per heavy atom. The molecule has 3 aromatic carbocycles. The maximum atomic E-state index is 13.4. The number of hydrogen-bond acceptors (Lipinski definition) is 3. The van der Waals surface area contributed by atoms with E-state index in [-0.39, 0.29) is 17.6 Å². The van der Waals surface area contributed by atoms with Crippen LogP contribution >= 0.6 is 0 Å². The molecule has 1 heterocycles. The Hall–Kier alpha value is -3.60. The molecule has 0 fully saturated rings. The van der Waals surface area contributed by atoms with Crippen molar-refractivity contribution in [3.63, 3.8) is 0 Å². The van der Waals surface area contributed by atoms with Crippen LogP contribution in [0.3, 0.4) is 0 Å². The quantitative estimate of drug-likeness (QED) is 0.663. The van der Waals surface area contributed by atoms with Crippen LogP contribution in [0.2, 0.25) is 0 Å². The first-order valence-electron chi connectivity index (χ1n) is 8.96. The van der Waals surface area contributed by atoms with Crippen LogP contribution in [0.15, 0.2) is 88.8 Å². The van der Waals surface area contributed by atoms with Gasteiger partial charge in [0.25, 0.3) is 5.91 Å². The van der Waals surface area contributed by atoms with E-state index in [9.17, 15) is 9.18 Å². The number of hydrogen-bond donors (Lipinski definition) is 1. The zero-order chi connectivity index (χ0) is 19.5. The lowest BCUT2D eigenvalue weighted by atomic mass is 9.93. The third-order valence-electron chi connectivity index (χ3n) is 4.59. The first-order chi connectivity index (χ1) is 13.6. The van der Waals surface area contributed by atoms with Crippen molar-refractivity contribution in [3.05, 3.63) is 95.8 Å². The molecule has 4 nitrogen and oxygen atoms in total. The molecule has 0 aliphatic carbocycles. The Balaban J connectivity index is 1.80. The van der Waals surface area contributed by atoms with Crippen LogP contribution in [0.5, 0.6) is 0 Å². The summed E-state index contributed by atoms with van der Waals surface area (Å²) in [5, 5.41) is 2.95. The van der Waals surface area contributed by atoms with Crippen LogP contribution in [0.25, 0.3) is 0 Å². The number of rotatable bonds is 2. The lowest BCUT2D eigenvalue weighted by Crippen LogP contribution is -2.37. The van der Waals surface area contributed by atoms with Crippen LogP contribution in [0.4, 0.5) is 15.8 Å². The smallest absolute Gasteiger partial charge is 0.256 e. The highest BCUT2D eigenvalue weighted by molar-refractivity contribution is 6.19. The van der Waals surface area contributed by atoms with Gasteiger partial charge in [-0.05, 0) is 48.9 Å². The zero-order valence-electron chi connectivity index (χ0n) is 15.3. The van der Waals surface area contributed by atoms with E-state index >= 15 is 0 Å². The number of fused-ring (bicyclic) bond motifs is 1. The van der Waals surface area contributed by atoms with Crippen molar-refractivity contribution in [1.29, 1.82) is 0 Å². The highest BCUT2D eigenvalue weighted by Crippen LogP contribution is 2.34. The molecular formula is C23H18FN3O. The molecule has 5 heteroatoms. The zero-order valence-corrected chi connectivity index (χ0v) is 15.3. The van der Waals surface area contributed by atoms with Gasteiger partial charge in [-0.25, -0.2) is 9.38 Å². The van der Waals surface area contributed by atoms with E-state index in [4.69, 9.17) is 9.98 Å². The number of benzene rings is 3. The molecule has 1 aliphatic rings. The molecule has 4 rings (SSSR count). The second kappa shape index (κ2) is 7.56. The van der Waals surface area contributed by atoms with E-state index in [0.29, 0.717) is 17.1 Å². The molecule has 1 atom stereocenters. The van der Waals surface area contributed by atoms with E-state index in [1.165, 1.54) is 12.1 Å². The number of amidine groups is 1. The number of halogens is 1. The molecule has 0 saturated heterocycles. The summed E-state index contributed by atoms with van der Waals surface area (Å²) in [6.45, 7) is 1.89. The largest absolute Gasteiger partial charge is 0.309 e. The Morgan fingerprint density at radius 2 is 1.46 bits per heavy atom. The van der Waals surface area contributed by atoms with Gasteiger partial charge < -0.3 is 5.32 Å². The molecule has 1 amide bonds. The van der Waals surface area contributed by atoms with Crippen molar-refractivity contribution >= 4 is 28.8 Å². The minimum Gasteiger partial charge on any atom is -0.309 e. The molecule has 1 N–H and O–H groups in total. The molecule has 0 saturated carbocycles. The predicted octanol–water partition coefficient (Wildman–Crippen LogP) is 5.18. The van der Waals surface area contributed by atoms with Crippen molar-refractivity contribution in [2.45, 2.75) is 12.8 Å². The lowest BCUT2D eigenvalue weighted by Gasteiger charge is -2.19. The maximum absolute atomic E-state index is 13.4. The van der Waals surface area contributed by atoms with Crippen LogP contribution in [-0.2, 0) is 0 Å². The van der Waals surface area contributed by atoms with Gasteiger partial charge in [0.15, 0.2) is 0 Å². The fourth-order valence-electron chi connectivity index (χ4n) is 3.23. The molecular weight excluding hydrogens is 353 g/mol. The monoisotopic (exact) mass is 371 g/mol. The van der Waals surface area contributed by atoms with Crippen LogP contribution < -0.4 is 5.32 Å². The molecule has 1 aliphatic heterocycles. The van der Waals surface area contributed by atoms with Crippen molar-refractivity contribution in [1.82, 2.24) is 5.32 Å². The van der Waals surface area contributed by atoms with Gasteiger partial charge in [0.05, 0.1) is 17.3 Å². The van der Waals surface area contributed by atoms with Crippen molar-refractivity contribution in [2.24, 2.45) is 9.98 Å². The SMILES string of the molecule is CC1=Nc2ccccc2N=C(NC(=O)c2ccccc2)[C@@H]1c1ccc(F)cc1. The minimum atomic E-state index is -0.388. The van der Waals surface area contributed by atoms with E-state index in [0.717, 1.165) is 17.0 Å². The normalized spacial score (nSPS) is 15.7. The van der Waals surface area contributed by atoms with E-state index in [1.807, 2.05) is 49.4 Å². The van der Waals surface area contributed by atoms with Gasteiger partial charge >= 0.3 is 0 Å². The first-order valence-corrected chi connectivity index (χ1v) is 8.96. The molecule has 0 spiro atoms. The third-order valence-corrected chi connectivity index (χ3v) is 4.59. The molecule has 0 bridgehead atoms. The Kier molecular flexibility index (Phi) is 4.81. The predicted molar refractivity (Wildman–Crippen MR) is 109 cm³/mol. The highest BCUT2D eigenvalue weighted by atomic mass is 19.1.